The molecule has 0 radical (unpaired) electrons. The third-order valence-electron chi connectivity index (χ3n) is 6.17. The van der Waals surface area contributed by atoms with Gasteiger partial charge in [0.25, 0.3) is 0 Å². The quantitative estimate of drug-likeness (QED) is 0.747. The highest BCUT2D eigenvalue weighted by atomic mass is 16.5. The van der Waals surface area contributed by atoms with E-state index in [-0.39, 0.29) is 0 Å². The van der Waals surface area contributed by atoms with Gasteiger partial charge in [-0.25, -0.2) is 0 Å². The maximum atomic E-state index is 12.6. The number of ether oxygens (including phenoxy) is 2. The summed E-state index contributed by atoms with van der Waals surface area (Å²) in [5, 5.41) is 0. The number of hydrogen-bond acceptors (Lipinski definition) is 3. The zero-order chi connectivity index (χ0) is 16.1. The molecule has 3 aliphatic rings. The van der Waals surface area contributed by atoms with Crippen LogP contribution in [-0.4, -0.2) is 50.8 Å². The summed E-state index contributed by atoms with van der Waals surface area (Å²) in [5.74, 6) is 0.822. The van der Waals surface area contributed by atoms with E-state index in [1.165, 1.54) is 18.4 Å². The van der Waals surface area contributed by atoms with Crippen LogP contribution in [0.5, 0.6) is 0 Å². The smallest absolute Gasteiger partial charge is 0.226 e. The molecule has 0 aromatic carbocycles. The highest BCUT2D eigenvalue weighted by Crippen LogP contribution is 2.44. The van der Waals surface area contributed by atoms with E-state index >= 15 is 0 Å². The van der Waals surface area contributed by atoms with Crippen LogP contribution < -0.4 is 0 Å². The monoisotopic (exact) mass is 321 g/mol. The van der Waals surface area contributed by atoms with Crippen molar-refractivity contribution in [2.24, 2.45) is 11.3 Å². The molecule has 2 heterocycles. The summed E-state index contributed by atoms with van der Waals surface area (Å²) < 4.78 is 11.1. The second-order valence-corrected chi connectivity index (χ2v) is 7.51. The average molecular weight is 321 g/mol. The molecule has 4 nitrogen and oxygen atoms in total. The van der Waals surface area contributed by atoms with Crippen molar-refractivity contribution in [2.45, 2.75) is 51.4 Å². The predicted molar refractivity (Wildman–Crippen MR) is 90.2 cm³/mol. The second-order valence-electron chi connectivity index (χ2n) is 7.51. The summed E-state index contributed by atoms with van der Waals surface area (Å²) in [6, 6.07) is 0. The van der Waals surface area contributed by atoms with Gasteiger partial charge in [0, 0.05) is 39.1 Å². The van der Waals surface area contributed by atoms with Crippen LogP contribution in [0.4, 0.5) is 0 Å². The molecule has 130 valence electrons. The molecular weight excluding hydrogens is 290 g/mol. The Morgan fingerprint density at radius 3 is 2.87 bits per heavy atom. The van der Waals surface area contributed by atoms with Crippen molar-refractivity contribution in [1.82, 2.24) is 4.90 Å². The lowest BCUT2D eigenvalue weighted by Gasteiger charge is -2.49. The second kappa shape index (κ2) is 7.80. The molecule has 1 aliphatic carbocycles. The number of methoxy groups -OCH3 is 1. The van der Waals surface area contributed by atoms with E-state index < -0.39 is 0 Å². The molecular formula is C19H31NO3. The molecule has 4 heteroatoms. The van der Waals surface area contributed by atoms with Crippen LogP contribution in [0.15, 0.2) is 11.6 Å². The summed E-state index contributed by atoms with van der Waals surface area (Å²) in [7, 11) is 1.78. The van der Waals surface area contributed by atoms with E-state index in [0.29, 0.717) is 23.7 Å². The lowest BCUT2D eigenvalue weighted by Crippen LogP contribution is -2.50. The molecule has 0 bridgehead atoms. The standard InChI is InChI=1S/C19H31NO3/c1-22-14-17-15-23-12-9-19(17)7-10-20(11-8-19)18(21)13-16-5-3-2-4-6-16/h5,17H,2-4,6-15H2,1H3. The van der Waals surface area contributed by atoms with Crippen molar-refractivity contribution in [3.63, 3.8) is 0 Å². The van der Waals surface area contributed by atoms with Crippen molar-refractivity contribution in [1.29, 1.82) is 0 Å². The van der Waals surface area contributed by atoms with Gasteiger partial charge in [-0.05, 0) is 50.4 Å². The molecule has 1 amide bonds. The molecule has 3 rings (SSSR count). The van der Waals surface area contributed by atoms with Crippen LogP contribution in [0.3, 0.4) is 0 Å². The van der Waals surface area contributed by atoms with Gasteiger partial charge in [-0.1, -0.05) is 11.6 Å². The van der Waals surface area contributed by atoms with Gasteiger partial charge in [-0.3, -0.25) is 4.79 Å². The normalized spacial score (nSPS) is 27.8. The van der Waals surface area contributed by atoms with E-state index in [0.717, 1.165) is 65.0 Å². The topological polar surface area (TPSA) is 38.8 Å². The number of allylic oxidation sites excluding steroid dienone is 1. The lowest BCUT2D eigenvalue weighted by molar-refractivity contribution is -0.137. The highest BCUT2D eigenvalue weighted by molar-refractivity contribution is 5.78. The third kappa shape index (κ3) is 3.97. The first-order valence-corrected chi connectivity index (χ1v) is 9.26. The van der Waals surface area contributed by atoms with Gasteiger partial charge in [-0.2, -0.15) is 0 Å². The SMILES string of the molecule is COCC1COCCC12CCN(C(=O)CC1=CCCCC1)CC2. The predicted octanol–water partition coefficient (Wildman–Crippen LogP) is 3.17. The van der Waals surface area contributed by atoms with Gasteiger partial charge in [0.2, 0.25) is 5.91 Å². The van der Waals surface area contributed by atoms with Gasteiger partial charge in [0.1, 0.15) is 0 Å². The van der Waals surface area contributed by atoms with Gasteiger partial charge >= 0.3 is 0 Å². The molecule has 0 saturated carbocycles. The van der Waals surface area contributed by atoms with Gasteiger partial charge in [-0.15, -0.1) is 0 Å². The molecule has 0 aromatic heterocycles. The van der Waals surface area contributed by atoms with Crippen molar-refractivity contribution in [3.05, 3.63) is 11.6 Å². The van der Waals surface area contributed by atoms with Crippen LogP contribution in [0.2, 0.25) is 0 Å². The number of likely N-dealkylation sites (tertiary alicyclic amines) is 1. The minimum Gasteiger partial charge on any atom is -0.384 e. The van der Waals surface area contributed by atoms with Crippen LogP contribution in [0, 0.1) is 11.3 Å². The first kappa shape index (κ1) is 17.0. The number of nitrogens with zero attached hydrogens (tertiary/aromatic N) is 1. The Morgan fingerprint density at radius 2 is 2.17 bits per heavy atom. The molecule has 2 fully saturated rings. The molecule has 2 saturated heterocycles. The first-order valence-electron chi connectivity index (χ1n) is 9.26. The molecule has 0 aromatic rings. The minimum absolute atomic E-state index is 0.329. The minimum atomic E-state index is 0.329. The van der Waals surface area contributed by atoms with E-state index in [9.17, 15) is 4.79 Å². The fraction of sp³-hybridized carbons (Fsp3) is 0.842. The Hall–Kier alpha value is -0.870. The summed E-state index contributed by atoms with van der Waals surface area (Å²) in [4.78, 5) is 14.7. The number of carbonyl (C=O) groups is 1. The molecule has 1 unspecified atom stereocenters. The van der Waals surface area contributed by atoms with Crippen LogP contribution in [-0.2, 0) is 14.3 Å². The van der Waals surface area contributed by atoms with Gasteiger partial charge < -0.3 is 14.4 Å². The van der Waals surface area contributed by atoms with Crippen LogP contribution in [0.25, 0.3) is 0 Å². The Kier molecular flexibility index (Phi) is 5.76. The van der Waals surface area contributed by atoms with E-state index in [4.69, 9.17) is 9.47 Å². The molecule has 0 N–H and O–H groups in total. The number of rotatable bonds is 4. The first-order chi connectivity index (χ1) is 11.2. The third-order valence-corrected chi connectivity index (χ3v) is 6.17. The van der Waals surface area contributed by atoms with Crippen molar-refractivity contribution >= 4 is 5.91 Å². The zero-order valence-corrected chi connectivity index (χ0v) is 14.5. The number of piperidine rings is 1. The molecule has 23 heavy (non-hydrogen) atoms. The number of carbonyl (C=O) groups excluding carboxylic acids is 1. The fourth-order valence-corrected chi connectivity index (χ4v) is 4.54. The van der Waals surface area contributed by atoms with E-state index in [1.54, 1.807) is 7.11 Å². The Bertz CT molecular complexity index is 436. The van der Waals surface area contributed by atoms with Crippen molar-refractivity contribution in [3.8, 4) is 0 Å². The zero-order valence-electron chi connectivity index (χ0n) is 14.5. The van der Waals surface area contributed by atoms with Crippen molar-refractivity contribution < 1.29 is 14.3 Å². The molecule has 1 atom stereocenters. The Labute approximate surface area is 140 Å². The molecule has 1 spiro atoms. The van der Waals surface area contributed by atoms with Crippen LogP contribution >= 0.6 is 0 Å². The van der Waals surface area contributed by atoms with Gasteiger partial charge in [0.05, 0.1) is 13.2 Å². The largest absolute Gasteiger partial charge is 0.384 e. The van der Waals surface area contributed by atoms with Crippen LogP contribution in [0.1, 0.15) is 51.4 Å². The van der Waals surface area contributed by atoms with Crippen molar-refractivity contribution in [2.75, 3.05) is 40.0 Å². The fourth-order valence-electron chi connectivity index (χ4n) is 4.54. The average Bonchev–Trinajstić information content (AvgIpc) is 2.59. The summed E-state index contributed by atoms with van der Waals surface area (Å²) >= 11 is 0. The summed E-state index contributed by atoms with van der Waals surface area (Å²) in [5.41, 5.74) is 1.69. The molecule has 2 aliphatic heterocycles. The summed E-state index contributed by atoms with van der Waals surface area (Å²) in [6.07, 6.45) is 11.1. The Morgan fingerprint density at radius 1 is 1.35 bits per heavy atom. The highest BCUT2D eigenvalue weighted by Gasteiger charge is 2.44. The van der Waals surface area contributed by atoms with E-state index in [2.05, 4.69) is 11.0 Å². The number of hydrogen-bond donors (Lipinski definition) is 0. The number of amides is 1. The maximum absolute atomic E-state index is 12.6. The maximum Gasteiger partial charge on any atom is 0.226 e. The van der Waals surface area contributed by atoms with Gasteiger partial charge in [0.15, 0.2) is 0 Å². The van der Waals surface area contributed by atoms with E-state index in [1.807, 2.05) is 0 Å². The lowest BCUT2D eigenvalue weighted by atomic mass is 9.66. The Balaban J connectivity index is 1.54. The summed E-state index contributed by atoms with van der Waals surface area (Å²) in [6.45, 7) is 4.27.